The van der Waals surface area contributed by atoms with Gasteiger partial charge in [0.05, 0.1) is 0 Å². The largest absolute Gasteiger partial charge is 0.462 e. The van der Waals surface area contributed by atoms with E-state index in [1.54, 1.807) is 0 Å². The van der Waals surface area contributed by atoms with Crippen LogP contribution in [0.4, 0.5) is 0 Å². The Morgan fingerprint density at radius 2 is 0.514 bits per heavy atom. The lowest BCUT2D eigenvalue weighted by molar-refractivity contribution is -0.167. The van der Waals surface area contributed by atoms with E-state index >= 15 is 0 Å². The highest BCUT2D eigenvalue weighted by Crippen LogP contribution is 2.17. The number of allylic oxidation sites excluding steroid dienone is 4. The molecule has 0 N–H and O–H groups in total. The molecule has 412 valence electrons. The predicted octanol–water partition coefficient (Wildman–Crippen LogP) is 21.1. The quantitative estimate of drug-likeness (QED) is 0.0261. The predicted molar refractivity (Wildman–Crippen MR) is 303 cm³/mol. The fourth-order valence-electron chi connectivity index (χ4n) is 9.48. The Bertz CT molecular complexity index is 1130. The molecule has 0 radical (unpaired) electrons. The Kier molecular flexibility index (Phi) is 57.7. The van der Waals surface area contributed by atoms with Crippen LogP contribution < -0.4 is 0 Å². The molecule has 70 heavy (non-hydrogen) atoms. The number of carbonyl (C=O) groups is 3. The third kappa shape index (κ3) is 56.8. The molecule has 0 spiro atoms. The monoisotopic (exact) mass is 985 g/mol. The van der Waals surface area contributed by atoms with Gasteiger partial charge in [0.25, 0.3) is 0 Å². The number of ether oxygens (including phenoxy) is 3. The van der Waals surface area contributed by atoms with Crippen molar-refractivity contribution in [3.05, 3.63) is 24.3 Å². The van der Waals surface area contributed by atoms with Crippen LogP contribution in [-0.4, -0.2) is 37.2 Å². The van der Waals surface area contributed by atoms with Crippen LogP contribution in [0.3, 0.4) is 0 Å². The van der Waals surface area contributed by atoms with Crippen LogP contribution in [0.1, 0.15) is 348 Å². The number of hydrogen-bond donors (Lipinski definition) is 0. The molecule has 0 aliphatic rings. The zero-order valence-corrected chi connectivity index (χ0v) is 47.3. The van der Waals surface area contributed by atoms with E-state index in [0.717, 1.165) is 64.2 Å². The van der Waals surface area contributed by atoms with Crippen molar-refractivity contribution in [1.82, 2.24) is 0 Å². The fraction of sp³-hybridized carbons (Fsp3) is 0.891. The fourth-order valence-corrected chi connectivity index (χ4v) is 9.48. The van der Waals surface area contributed by atoms with E-state index in [0.29, 0.717) is 19.3 Å². The normalized spacial score (nSPS) is 12.1. The number of esters is 3. The molecule has 0 aromatic rings. The Morgan fingerprint density at radius 3 is 0.786 bits per heavy atom. The lowest BCUT2D eigenvalue weighted by Crippen LogP contribution is -2.30. The van der Waals surface area contributed by atoms with E-state index in [-0.39, 0.29) is 31.1 Å². The van der Waals surface area contributed by atoms with E-state index in [4.69, 9.17) is 14.2 Å². The van der Waals surface area contributed by atoms with Crippen molar-refractivity contribution in [3.8, 4) is 0 Å². The molecule has 1 atom stereocenters. The van der Waals surface area contributed by atoms with Gasteiger partial charge in [-0.1, -0.05) is 302 Å². The van der Waals surface area contributed by atoms with Gasteiger partial charge < -0.3 is 14.2 Å². The van der Waals surface area contributed by atoms with Crippen LogP contribution >= 0.6 is 0 Å². The van der Waals surface area contributed by atoms with Crippen LogP contribution in [0.25, 0.3) is 0 Å². The third-order valence-corrected chi connectivity index (χ3v) is 14.2. The number of unbranched alkanes of at least 4 members (excludes halogenated alkanes) is 43. The van der Waals surface area contributed by atoms with Crippen LogP contribution in [-0.2, 0) is 28.6 Å². The minimum Gasteiger partial charge on any atom is -0.462 e. The van der Waals surface area contributed by atoms with Crippen molar-refractivity contribution < 1.29 is 28.6 Å². The molecule has 0 aliphatic heterocycles. The van der Waals surface area contributed by atoms with Crippen LogP contribution in [0.5, 0.6) is 0 Å². The van der Waals surface area contributed by atoms with Crippen LogP contribution in [0.15, 0.2) is 24.3 Å². The van der Waals surface area contributed by atoms with Gasteiger partial charge in [-0.15, -0.1) is 0 Å². The zero-order valence-electron chi connectivity index (χ0n) is 47.3. The topological polar surface area (TPSA) is 78.9 Å². The summed E-state index contributed by atoms with van der Waals surface area (Å²) in [5.41, 5.74) is 0. The highest BCUT2D eigenvalue weighted by molar-refractivity contribution is 5.71. The van der Waals surface area contributed by atoms with Gasteiger partial charge >= 0.3 is 17.9 Å². The standard InChI is InChI=1S/C64H120O6/c1-4-7-10-13-16-19-22-25-28-29-30-31-32-33-34-35-37-39-42-45-48-51-54-57-63(66)69-60-61(59-68-62(65)56-53-50-47-44-41-38-27-24-21-18-15-12-9-6-3)70-64(67)58-55-52-49-46-43-40-36-26-23-20-17-14-11-8-5-2/h22,25,29-30,61H,4-21,23-24,26-28,31-60H2,1-3H3/b25-22-,30-29-. The molecule has 0 fully saturated rings. The van der Waals surface area contributed by atoms with Gasteiger partial charge in [0, 0.05) is 19.3 Å². The minimum absolute atomic E-state index is 0.0654. The summed E-state index contributed by atoms with van der Waals surface area (Å²) in [7, 11) is 0. The summed E-state index contributed by atoms with van der Waals surface area (Å²) in [6, 6.07) is 0. The number of carbonyl (C=O) groups excluding carboxylic acids is 3. The Labute approximate surface area is 436 Å². The smallest absolute Gasteiger partial charge is 0.306 e. The molecule has 0 saturated heterocycles. The summed E-state index contributed by atoms with van der Waals surface area (Å²) in [6.45, 7) is 6.69. The van der Waals surface area contributed by atoms with E-state index in [1.807, 2.05) is 0 Å². The van der Waals surface area contributed by atoms with Crippen molar-refractivity contribution in [1.29, 1.82) is 0 Å². The molecular formula is C64H120O6. The Hall–Kier alpha value is -2.11. The van der Waals surface area contributed by atoms with Crippen LogP contribution in [0.2, 0.25) is 0 Å². The van der Waals surface area contributed by atoms with Gasteiger partial charge in [-0.3, -0.25) is 14.4 Å². The average molecular weight is 986 g/mol. The summed E-state index contributed by atoms with van der Waals surface area (Å²) in [5, 5.41) is 0. The molecule has 0 aromatic carbocycles. The van der Waals surface area contributed by atoms with E-state index in [2.05, 4.69) is 45.1 Å². The molecule has 0 saturated carbocycles. The minimum atomic E-state index is -0.767. The first kappa shape index (κ1) is 67.9. The molecular weight excluding hydrogens is 865 g/mol. The summed E-state index contributed by atoms with van der Waals surface area (Å²) >= 11 is 0. The van der Waals surface area contributed by atoms with Crippen LogP contribution in [0, 0.1) is 0 Å². The molecule has 0 bridgehead atoms. The summed E-state index contributed by atoms with van der Waals surface area (Å²) in [6.07, 6.45) is 70.3. The van der Waals surface area contributed by atoms with Crippen molar-refractivity contribution in [2.45, 2.75) is 354 Å². The SMILES string of the molecule is CCCCCCC/C=C\C/C=C\CCCCCCCCCCCCCC(=O)OCC(COC(=O)CCCCCCCCCCCCCCCC)OC(=O)CCCCCCCCCCCCCCCCC. The molecule has 6 nitrogen and oxygen atoms in total. The maximum Gasteiger partial charge on any atom is 0.306 e. The van der Waals surface area contributed by atoms with E-state index < -0.39 is 6.10 Å². The van der Waals surface area contributed by atoms with Gasteiger partial charge in [0.1, 0.15) is 13.2 Å². The molecule has 0 heterocycles. The second kappa shape index (κ2) is 59.5. The number of rotatable bonds is 58. The van der Waals surface area contributed by atoms with Gasteiger partial charge in [-0.2, -0.15) is 0 Å². The first-order valence-corrected chi connectivity index (χ1v) is 31.3. The molecule has 6 heteroatoms. The van der Waals surface area contributed by atoms with Gasteiger partial charge in [0.2, 0.25) is 0 Å². The van der Waals surface area contributed by atoms with Gasteiger partial charge in [-0.05, 0) is 51.4 Å². The average Bonchev–Trinajstić information content (AvgIpc) is 3.36. The maximum absolute atomic E-state index is 12.9. The zero-order chi connectivity index (χ0) is 50.7. The molecule has 0 amide bonds. The molecule has 0 aromatic heterocycles. The van der Waals surface area contributed by atoms with Crippen molar-refractivity contribution in [2.24, 2.45) is 0 Å². The first-order chi connectivity index (χ1) is 34.5. The second-order valence-electron chi connectivity index (χ2n) is 21.3. The Balaban J connectivity index is 4.26. The highest BCUT2D eigenvalue weighted by Gasteiger charge is 2.19. The number of hydrogen-bond acceptors (Lipinski definition) is 6. The maximum atomic E-state index is 12.9. The second-order valence-corrected chi connectivity index (χ2v) is 21.3. The summed E-state index contributed by atoms with van der Waals surface area (Å²) in [4.78, 5) is 38.2. The van der Waals surface area contributed by atoms with Crippen molar-refractivity contribution in [3.63, 3.8) is 0 Å². The third-order valence-electron chi connectivity index (χ3n) is 14.2. The van der Waals surface area contributed by atoms with Crippen molar-refractivity contribution in [2.75, 3.05) is 13.2 Å². The lowest BCUT2D eigenvalue weighted by atomic mass is 10.0. The van der Waals surface area contributed by atoms with Gasteiger partial charge in [-0.25, -0.2) is 0 Å². The summed E-state index contributed by atoms with van der Waals surface area (Å²) in [5.74, 6) is -0.841. The highest BCUT2D eigenvalue weighted by atomic mass is 16.6. The molecule has 0 aliphatic carbocycles. The van der Waals surface area contributed by atoms with Gasteiger partial charge in [0.15, 0.2) is 6.10 Å². The first-order valence-electron chi connectivity index (χ1n) is 31.3. The Morgan fingerprint density at radius 1 is 0.286 bits per heavy atom. The lowest BCUT2D eigenvalue weighted by Gasteiger charge is -2.18. The van der Waals surface area contributed by atoms with E-state index in [9.17, 15) is 14.4 Å². The van der Waals surface area contributed by atoms with Crippen molar-refractivity contribution >= 4 is 17.9 Å². The summed E-state index contributed by atoms with van der Waals surface area (Å²) < 4.78 is 16.9. The molecule has 1 unspecified atom stereocenters. The molecule has 0 rings (SSSR count). The van der Waals surface area contributed by atoms with E-state index in [1.165, 1.54) is 244 Å².